The molecule has 1 atom stereocenters. The van der Waals surface area contributed by atoms with E-state index in [-0.39, 0.29) is 25.0 Å². The van der Waals surface area contributed by atoms with Crippen LogP contribution in [0.5, 0.6) is 0 Å². The van der Waals surface area contributed by atoms with Crippen LogP contribution >= 0.6 is 0 Å². The van der Waals surface area contributed by atoms with E-state index < -0.39 is 0 Å². The molecule has 1 unspecified atom stereocenters. The van der Waals surface area contributed by atoms with Gasteiger partial charge in [0.25, 0.3) is 0 Å². The largest absolute Gasteiger partial charge is 0.469 e. The van der Waals surface area contributed by atoms with E-state index in [1.165, 1.54) is 7.11 Å². The molecule has 5 nitrogen and oxygen atoms in total. The molecule has 0 aliphatic carbocycles. The Labute approximate surface area is 113 Å². The van der Waals surface area contributed by atoms with E-state index in [4.69, 9.17) is 4.74 Å². The van der Waals surface area contributed by atoms with E-state index in [0.717, 1.165) is 11.1 Å². The predicted molar refractivity (Wildman–Crippen MR) is 71.8 cm³/mol. The molecule has 2 N–H and O–H groups in total. The van der Waals surface area contributed by atoms with Gasteiger partial charge in [-0.15, -0.1) is 0 Å². The average Bonchev–Trinajstić information content (AvgIpc) is 2.44. The molecule has 19 heavy (non-hydrogen) atoms. The number of carbonyl (C=O) groups is 1. The minimum atomic E-state index is -0.261. The molecule has 0 spiro atoms. The summed E-state index contributed by atoms with van der Waals surface area (Å²) in [6.45, 7) is 1.02. The Hall–Kier alpha value is -1.43. The van der Waals surface area contributed by atoms with Gasteiger partial charge in [0.05, 0.1) is 32.8 Å². The van der Waals surface area contributed by atoms with Gasteiger partial charge in [0, 0.05) is 13.7 Å². The van der Waals surface area contributed by atoms with Gasteiger partial charge in [-0.1, -0.05) is 24.3 Å². The number of benzene rings is 1. The summed E-state index contributed by atoms with van der Waals surface area (Å²) in [6.07, 6.45) is 0.252. The van der Waals surface area contributed by atoms with Crippen LogP contribution in [-0.4, -0.2) is 44.6 Å². The van der Waals surface area contributed by atoms with E-state index in [2.05, 4.69) is 10.1 Å². The fourth-order valence-electron chi connectivity index (χ4n) is 1.76. The van der Waals surface area contributed by atoms with Gasteiger partial charge < -0.3 is 19.9 Å². The third kappa shape index (κ3) is 5.38. The molecule has 0 radical (unpaired) electrons. The van der Waals surface area contributed by atoms with Gasteiger partial charge in [0.2, 0.25) is 0 Å². The number of aliphatic hydroxyl groups is 1. The molecule has 1 aromatic rings. The fourth-order valence-corrected chi connectivity index (χ4v) is 1.76. The van der Waals surface area contributed by atoms with Crippen LogP contribution in [-0.2, 0) is 27.2 Å². The van der Waals surface area contributed by atoms with Gasteiger partial charge >= 0.3 is 5.97 Å². The monoisotopic (exact) mass is 267 g/mol. The standard InChI is InChI=1S/C14H21NO4/c1-18-10-13(9-16)15-8-12-6-4-3-5-11(12)7-14(17)19-2/h3-6,13,15-16H,7-10H2,1-2H3. The van der Waals surface area contributed by atoms with Crippen molar-refractivity contribution in [3.63, 3.8) is 0 Å². The molecule has 5 heteroatoms. The topological polar surface area (TPSA) is 67.8 Å². The Balaban J connectivity index is 2.64. The number of methoxy groups -OCH3 is 2. The summed E-state index contributed by atoms with van der Waals surface area (Å²) in [5, 5.41) is 12.4. The van der Waals surface area contributed by atoms with Crippen LogP contribution in [0.2, 0.25) is 0 Å². The lowest BCUT2D eigenvalue weighted by molar-refractivity contribution is -0.139. The van der Waals surface area contributed by atoms with Gasteiger partial charge in [-0.2, -0.15) is 0 Å². The first-order valence-electron chi connectivity index (χ1n) is 6.18. The first-order valence-corrected chi connectivity index (χ1v) is 6.18. The van der Waals surface area contributed by atoms with E-state index in [0.29, 0.717) is 13.2 Å². The highest BCUT2D eigenvalue weighted by atomic mass is 16.5. The lowest BCUT2D eigenvalue weighted by atomic mass is 10.0. The zero-order valence-electron chi connectivity index (χ0n) is 11.4. The van der Waals surface area contributed by atoms with E-state index in [1.807, 2.05) is 24.3 Å². The number of carbonyl (C=O) groups excluding carboxylic acids is 1. The van der Waals surface area contributed by atoms with E-state index >= 15 is 0 Å². The Bertz CT molecular complexity index is 395. The Kier molecular flexibility index (Phi) is 7.10. The summed E-state index contributed by atoms with van der Waals surface area (Å²) in [4.78, 5) is 11.3. The summed E-state index contributed by atoms with van der Waals surface area (Å²) in [6, 6.07) is 7.55. The molecule has 0 fully saturated rings. The maximum Gasteiger partial charge on any atom is 0.309 e. The number of esters is 1. The second kappa shape index (κ2) is 8.63. The Morgan fingerprint density at radius 3 is 2.58 bits per heavy atom. The lowest BCUT2D eigenvalue weighted by Gasteiger charge is -2.16. The van der Waals surface area contributed by atoms with Gasteiger partial charge in [-0.25, -0.2) is 0 Å². The molecule has 0 heterocycles. The van der Waals surface area contributed by atoms with Crippen molar-refractivity contribution in [1.29, 1.82) is 0 Å². The molecule has 0 saturated carbocycles. The fraction of sp³-hybridized carbons (Fsp3) is 0.500. The average molecular weight is 267 g/mol. The maximum absolute atomic E-state index is 11.3. The SMILES string of the molecule is COCC(CO)NCc1ccccc1CC(=O)OC. The van der Waals surface area contributed by atoms with E-state index in [1.54, 1.807) is 7.11 Å². The van der Waals surface area contributed by atoms with Crippen molar-refractivity contribution in [1.82, 2.24) is 5.32 Å². The highest BCUT2D eigenvalue weighted by Crippen LogP contribution is 2.10. The number of hydrogen-bond acceptors (Lipinski definition) is 5. The quantitative estimate of drug-likeness (QED) is 0.671. The van der Waals surface area contributed by atoms with Crippen molar-refractivity contribution in [2.24, 2.45) is 0 Å². The van der Waals surface area contributed by atoms with Crippen molar-refractivity contribution in [3.8, 4) is 0 Å². The summed E-state index contributed by atoms with van der Waals surface area (Å²) in [5.41, 5.74) is 1.94. The van der Waals surface area contributed by atoms with Crippen molar-refractivity contribution in [2.75, 3.05) is 27.4 Å². The van der Waals surface area contributed by atoms with Gasteiger partial charge in [0.1, 0.15) is 0 Å². The zero-order valence-corrected chi connectivity index (χ0v) is 11.4. The number of nitrogens with one attached hydrogen (secondary N) is 1. The third-order valence-electron chi connectivity index (χ3n) is 2.85. The molecule has 0 aliphatic rings. The minimum Gasteiger partial charge on any atom is -0.469 e. The molecule has 1 rings (SSSR count). The van der Waals surface area contributed by atoms with Crippen LogP contribution < -0.4 is 5.32 Å². The van der Waals surface area contributed by atoms with E-state index in [9.17, 15) is 9.90 Å². The van der Waals surface area contributed by atoms with Crippen molar-refractivity contribution >= 4 is 5.97 Å². The van der Waals surface area contributed by atoms with Crippen LogP contribution in [0, 0.1) is 0 Å². The Morgan fingerprint density at radius 2 is 2.00 bits per heavy atom. The molecule has 0 bridgehead atoms. The minimum absolute atomic E-state index is 0.00695. The number of ether oxygens (including phenoxy) is 2. The van der Waals surface area contributed by atoms with Gasteiger partial charge in [-0.05, 0) is 11.1 Å². The van der Waals surface area contributed by atoms with Crippen LogP contribution in [0.4, 0.5) is 0 Å². The second-order valence-electron chi connectivity index (χ2n) is 4.24. The number of rotatable bonds is 8. The number of aliphatic hydroxyl groups excluding tert-OH is 1. The maximum atomic E-state index is 11.3. The lowest BCUT2D eigenvalue weighted by Crippen LogP contribution is -2.36. The van der Waals surface area contributed by atoms with Crippen LogP contribution in [0.25, 0.3) is 0 Å². The summed E-state index contributed by atoms with van der Waals surface area (Å²) >= 11 is 0. The first kappa shape index (κ1) is 15.6. The van der Waals surface area contributed by atoms with Crippen molar-refractivity contribution in [2.45, 2.75) is 19.0 Å². The second-order valence-corrected chi connectivity index (χ2v) is 4.24. The first-order chi connectivity index (χ1) is 9.21. The molecule has 0 amide bonds. The summed E-state index contributed by atoms with van der Waals surface area (Å²) in [5.74, 6) is -0.261. The Morgan fingerprint density at radius 1 is 1.32 bits per heavy atom. The van der Waals surface area contributed by atoms with Gasteiger partial charge in [-0.3, -0.25) is 4.79 Å². The zero-order chi connectivity index (χ0) is 14.1. The normalized spacial score (nSPS) is 12.2. The highest BCUT2D eigenvalue weighted by molar-refractivity contribution is 5.72. The van der Waals surface area contributed by atoms with Crippen molar-refractivity contribution in [3.05, 3.63) is 35.4 Å². The highest BCUT2D eigenvalue weighted by Gasteiger charge is 2.10. The molecule has 0 saturated heterocycles. The van der Waals surface area contributed by atoms with Crippen LogP contribution in [0.3, 0.4) is 0 Å². The van der Waals surface area contributed by atoms with Crippen LogP contribution in [0.15, 0.2) is 24.3 Å². The molecular weight excluding hydrogens is 246 g/mol. The third-order valence-corrected chi connectivity index (χ3v) is 2.85. The summed E-state index contributed by atoms with van der Waals surface area (Å²) in [7, 11) is 2.97. The summed E-state index contributed by atoms with van der Waals surface area (Å²) < 4.78 is 9.67. The smallest absolute Gasteiger partial charge is 0.309 e. The molecule has 1 aromatic carbocycles. The number of hydrogen-bond donors (Lipinski definition) is 2. The van der Waals surface area contributed by atoms with Gasteiger partial charge in [0.15, 0.2) is 0 Å². The molecule has 0 aliphatic heterocycles. The molecule has 106 valence electrons. The molecular formula is C14H21NO4. The van der Waals surface area contributed by atoms with Crippen molar-refractivity contribution < 1.29 is 19.4 Å². The predicted octanol–water partition coefficient (Wildman–Crippen LogP) is 0.499. The van der Waals surface area contributed by atoms with Crippen LogP contribution in [0.1, 0.15) is 11.1 Å². The molecule has 0 aromatic heterocycles.